The van der Waals surface area contributed by atoms with Crippen molar-refractivity contribution in [3.63, 3.8) is 0 Å². The number of hydrogen-bond acceptors (Lipinski definition) is 3. The van der Waals surface area contributed by atoms with E-state index in [0.717, 1.165) is 18.5 Å². The maximum Gasteiger partial charge on any atom is 0.231 e. The molecule has 2 N–H and O–H groups in total. The molecule has 2 rings (SSSR count). The van der Waals surface area contributed by atoms with E-state index in [1.165, 1.54) is 0 Å². The number of alkyl halides is 1. The largest absolute Gasteiger partial charge is 0.383 e. The Morgan fingerprint density at radius 3 is 2.67 bits per heavy atom. The van der Waals surface area contributed by atoms with Crippen LogP contribution in [0.3, 0.4) is 0 Å². The van der Waals surface area contributed by atoms with E-state index in [-0.39, 0.29) is 12.0 Å². The standard InChI is InChI=1S/C17H27ClFN5/c1-11(2)15(20)22-16-21-13(10-23(16)4)14(24(5)18)12-6-8-17(3,19)9-7-12/h10,12,14H,1,6-9H2,2-5H3,(H2,20,21,22). The number of rotatable bonds is 5. The quantitative estimate of drug-likeness (QED) is 0.493. The van der Waals surface area contributed by atoms with Crippen LogP contribution in [0.25, 0.3) is 0 Å². The van der Waals surface area contributed by atoms with E-state index in [9.17, 15) is 4.39 Å². The lowest BCUT2D eigenvalue weighted by atomic mass is 9.77. The zero-order valence-corrected chi connectivity index (χ0v) is 15.6. The lowest BCUT2D eigenvalue weighted by molar-refractivity contribution is 0.0796. The van der Waals surface area contributed by atoms with Crippen molar-refractivity contribution in [1.82, 2.24) is 14.0 Å². The fraction of sp³-hybridized carbons (Fsp3) is 0.647. The summed E-state index contributed by atoms with van der Waals surface area (Å²) in [6, 6.07) is -0.0797. The molecule has 0 saturated heterocycles. The first-order valence-electron chi connectivity index (χ1n) is 8.21. The van der Waals surface area contributed by atoms with Crippen LogP contribution in [0.15, 0.2) is 23.3 Å². The molecule has 1 fully saturated rings. The molecular formula is C17H27ClFN5. The Labute approximate surface area is 148 Å². The van der Waals surface area contributed by atoms with Gasteiger partial charge >= 0.3 is 0 Å². The van der Waals surface area contributed by atoms with Gasteiger partial charge in [0.1, 0.15) is 11.5 Å². The second-order valence-electron chi connectivity index (χ2n) is 7.07. The van der Waals surface area contributed by atoms with Gasteiger partial charge in [-0.25, -0.2) is 13.8 Å². The molecule has 1 unspecified atom stereocenters. The number of hydrogen-bond donors (Lipinski definition) is 1. The van der Waals surface area contributed by atoms with Gasteiger partial charge in [0.2, 0.25) is 5.95 Å². The molecule has 0 radical (unpaired) electrons. The maximum absolute atomic E-state index is 14.1. The van der Waals surface area contributed by atoms with Gasteiger partial charge in [-0.2, -0.15) is 4.99 Å². The van der Waals surface area contributed by atoms with Gasteiger partial charge in [0.05, 0.1) is 11.7 Å². The van der Waals surface area contributed by atoms with Crippen LogP contribution < -0.4 is 5.73 Å². The minimum atomic E-state index is -1.07. The highest BCUT2D eigenvalue weighted by molar-refractivity contribution is 6.13. The second kappa shape index (κ2) is 7.23. The number of amidine groups is 1. The molecule has 134 valence electrons. The number of nitrogens with two attached hydrogens (primary N) is 1. The Balaban J connectivity index is 2.27. The number of nitrogens with zero attached hydrogens (tertiary/aromatic N) is 4. The Kier molecular flexibility index (Phi) is 5.71. The molecule has 5 nitrogen and oxygen atoms in total. The monoisotopic (exact) mass is 355 g/mol. The van der Waals surface area contributed by atoms with E-state index < -0.39 is 5.67 Å². The highest BCUT2D eigenvalue weighted by atomic mass is 35.5. The van der Waals surface area contributed by atoms with E-state index in [4.69, 9.17) is 17.5 Å². The predicted octanol–water partition coefficient (Wildman–Crippen LogP) is 4.03. The van der Waals surface area contributed by atoms with Crippen molar-refractivity contribution in [2.24, 2.45) is 23.7 Å². The first-order chi connectivity index (χ1) is 11.1. The molecule has 1 aliphatic carbocycles. The van der Waals surface area contributed by atoms with Crippen LogP contribution in [-0.2, 0) is 7.05 Å². The van der Waals surface area contributed by atoms with Gasteiger partial charge in [-0.1, -0.05) is 6.58 Å². The van der Waals surface area contributed by atoms with Gasteiger partial charge in [-0.05, 0) is 62.8 Å². The van der Waals surface area contributed by atoms with Crippen molar-refractivity contribution in [3.05, 3.63) is 24.0 Å². The van der Waals surface area contributed by atoms with Crippen molar-refractivity contribution >= 4 is 23.6 Å². The third-order valence-corrected chi connectivity index (χ3v) is 4.94. The molecule has 0 spiro atoms. The zero-order valence-electron chi connectivity index (χ0n) is 14.9. The number of halogens is 2. The topological polar surface area (TPSA) is 59.4 Å². The molecule has 1 saturated carbocycles. The highest BCUT2D eigenvalue weighted by Gasteiger charge is 2.37. The SMILES string of the molecule is C=C(C)/C(N)=N\c1nc(C(C2CCC(C)(F)CC2)N(C)Cl)cn1C. The van der Waals surface area contributed by atoms with Crippen molar-refractivity contribution < 1.29 is 4.39 Å². The summed E-state index contributed by atoms with van der Waals surface area (Å²) < 4.78 is 17.6. The first-order valence-corrected chi connectivity index (χ1v) is 8.55. The summed E-state index contributed by atoms with van der Waals surface area (Å²) in [4.78, 5) is 8.91. The molecule has 1 aromatic heterocycles. The van der Waals surface area contributed by atoms with Crippen LogP contribution in [0, 0.1) is 5.92 Å². The fourth-order valence-electron chi connectivity index (χ4n) is 3.20. The summed E-state index contributed by atoms with van der Waals surface area (Å²) in [6.45, 7) is 7.26. The molecule has 1 aromatic rings. The van der Waals surface area contributed by atoms with E-state index in [2.05, 4.69) is 16.6 Å². The minimum Gasteiger partial charge on any atom is -0.383 e. The Hall–Kier alpha value is -1.40. The molecule has 0 aromatic carbocycles. The third-order valence-electron chi connectivity index (χ3n) is 4.73. The highest BCUT2D eigenvalue weighted by Crippen LogP contribution is 2.43. The van der Waals surface area contributed by atoms with Gasteiger partial charge in [0.15, 0.2) is 0 Å². The summed E-state index contributed by atoms with van der Waals surface area (Å²) in [5, 5.41) is 0. The number of aryl methyl sites for hydroxylation is 1. The second-order valence-corrected chi connectivity index (χ2v) is 7.61. The van der Waals surface area contributed by atoms with Crippen molar-refractivity contribution in [1.29, 1.82) is 0 Å². The van der Waals surface area contributed by atoms with E-state index in [0.29, 0.717) is 30.2 Å². The molecule has 1 atom stereocenters. The summed E-state index contributed by atoms with van der Waals surface area (Å²) in [5.74, 6) is 1.14. The Morgan fingerprint density at radius 2 is 2.17 bits per heavy atom. The molecule has 1 heterocycles. The van der Waals surface area contributed by atoms with Crippen LogP contribution in [0.1, 0.15) is 51.3 Å². The lowest BCUT2D eigenvalue weighted by Crippen LogP contribution is -2.32. The predicted molar refractivity (Wildman–Crippen MR) is 97.1 cm³/mol. The molecular weight excluding hydrogens is 329 g/mol. The van der Waals surface area contributed by atoms with Gasteiger partial charge in [-0.15, -0.1) is 0 Å². The minimum absolute atomic E-state index is 0.0797. The van der Waals surface area contributed by atoms with Crippen molar-refractivity contribution in [2.45, 2.75) is 51.2 Å². The van der Waals surface area contributed by atoms with E-state index in [1.54, 1.807) is 18.3 Å². The normalized spacial score (nSPS) is 26.6. The number of imidazole rings is 1. The lowest BCUT2D eigenvalue weighted by Gasteiger charge is -2.36. The average molecular weight is 356 g/mol. The van der Waals surface area contributed by atoms with Gasteiger partial charge in [0, 0.05) is 20.3 Å². The van der Waals surface area contributed by atoms with Crippen LogP contribution in [-0.4, -0.2) is 32.5 Å². The molecule has 7 heteroatoms. The number of aromatic nitrogens is 2. The summed E-state index contributed by atoms with van der Waals surface area (Å²) in [5.41, 5.74) is 6.31. The van der Waals surface area contributed by atoms with E-state index in [1.807, 2.05) is 24.9 Å². The molecule has 1 aliphatic rings. The Morgan fingerprint density at radius 1 is 1.58 bits per heavy atom. The maximum atomic E-state index is 14.1. The van der Waals surface area contributed by atoms with Crippen LogP contribution in [0.2, 0.25) is 0 Å². The molecule has 0 aliphatic heterocycles. The van der Waals surface area contributed by atoms with Crippen molar-refractivity contribution in [3.8, 4) is 0 Å². The van der Waals surface area contributed by atoms with Crippen LogP contribution in [0.4, 0.5) is 10.3 Å². The summed E-state index contributed by atoms with van der Waals surface area (Å²) in [6.07, 6.45) is 4.60. The third kappa shape index (κ3) is 4.36. The summed E-state index contributed by atoms with van der Waals surface area (Å²) in [7, 11) is 3.68. The fourth-order valence-corrected chi connectivity index (χ4v) is 3.46. The van der Waals surface area contributed by atoms with Gasteiger partial charge in [-0.3, -0.25) is 0 Å². The Bertz CT molecular complexity index is 625. The molecule has 24 heavy (non-hydrogen) atoms. The zero-order chi connectivity index (χ0) is 18.1. The van der Waals surface area contributed by atoms with Crippen molar-refractivity contribution in [2.75, 3.05) is 7.05 Å². The molecule has 0 amide bonds. The molecule has 0 bridgehead atoms. The van der Waals surface area contributed by atoms with E-state index >= 15 is 0 Å². The number of aliphatic imine (C=N–C) groups is 1. The van der Waals surface area contributed by atoms with Crippen LogP contribution in [0.5, 0.6) is 0 Å². The average Bonchev–Trinajstić information content (AvgIpc) is 2.81. The van der Waals surface area contributed by atoms with Gasteiger partial charge in [0.25, 0.3) is 0 Å². The van der Waals surface area contributed by atoms with Crippen LogP contribution >= 0.6 is 11.8 Å². The first kappa shape index (κ1) is 18.9. The smallest absolute Gasteiger partial charge is 0.231 e. The summed E-state index contributed by atoms with van der Waals surface area (Å²) >= 11 is 6.32. The van der Waals surface area contributed by atoms with Gasteiger partial charge < -0.3 is 10.3 Å².